The number of likely N-dealkylation sites (tertiary alicyclic amines) is 1. The molecule has 0 bridgehead atoms. The zero-order valence-electron chi connectivity index (χ0n) is 12.4. The van der Waals surface area contributed by atoms with Crippen LogP contribution in [0.5, 0.6) is 0 Å². The summed E-state index contributed by atoms with van der Waals surface area (Å²) in [7, 11) is 0. The molecule has 1 saturated heterocycles. The molecule has 118 valence electrons. The van der Waals surface area contributed by atoms with Crippen molar-refractivity contribution in [3.63, 3.8) is 0 Å². The Morgan fingerprint density at radius 2 is 2.09 bits per heavy atom. The number of amides is 1. The standard InChI is InChI=1S/C16H21N3O3/c20-11-13-8-14(21)9-18(13)10-16(22)19-7-6-15(17-19)12-4-2-1-3-5-12/h1-5,13-14,20-21H,6-11H2/t13-,14-/m0/s1. The van der Waals surface area contributed by atoms with Crippen LogP contribution in [0.1, 0.15) is 18.4 Å². The van der Waals surface area contributed by atoms with Gasteiger partial charge in [0.25, 0.3) is 5.91 Å². The lowest BCUT2D eigenvalue weighted by atomic mass is 10.1. The normalized spacial score (nSPS) is 25.5. The van der Waals surface area contributed by atoms with Crippen molar-refractivity contribution in [3.8, 4) is 0 Å². The summed E-state index contributed by atoms with van der Waals surface area (Å²) < 4.78 is 0. The van der Waals surface area contributed by atoms with Crippen LogP contribution in [-0.4, -0.2) is 70.1 Å². The first-order valence-corrected chi connectivity index (χ1v) is 7.63. The molecule has 1 fully saturated rings. The van der Waals surface area contributed by atoms with Crippen molar-refractivity contribution >= 4 is 11.6 Å². The maximum atomic E-state index is 12.4. The van der Waals surface area contributed by atoms with Gasteiger partial charge >= 0.3 is 0 Å². The number of rotatable bonds is 4. The van der Waals surface area contributed by atoms with Crippen LogP contribution < -0.4 is 0 Å². The van der Waals surface area contributed by atoms with Crippen LogP contribution in [0.4, 0.5) is 0 Å². The van der Waals surface area contributed by atoms with Crippen molar-refractivity contribution < 1.29 is 15.0 Å². The first kappa shape index (κ1) is 15.1. The predicted molar refractivity (Wildman–Crippen MR) is 82.4 cm³/mol. The SMILES string of the molecule is O=C(CN1C[C@@H](O)C[C@H]1CO)N1CCC(c2ccccc2)=N1. The first-order valence-electron chi connectivity index (χ1n) is 7.63. The van der Waals surface area contributed by atoms with E-state index in [9.17, 15) is 15.0 Å². The highest BCUT2D eigenvalue weighted by Crippen LogP contribution is 2.19. The fraction of sp³-hybridized carbons (Fsp3) is 0.500. The molecule has 0 radical (unpaired) electrons. The minimum Gasteiger partial charge on any atom is -0.395 e. The second-order valence-corrected chi connectivity index (χ2v) is 5.83. The highest BCUT2D eigenvalue weighted by molar-refractivity contribution is 6.02. The van der Waals surface area contributed by atoms with E-state index in [1.54, 1.807) is 0 Å². The average Bonchev–Trinajstić information content (AvgIpc) is 3.15. The van der Waals surface area contributed by atoms with Gasteiger partial charge in [0.15, 0.2) is 0 Å². The fourth-order valence-corrected chi connectivity index (χ4v) is 3.07. The molecule has 22 heavy (non-hydrogen) atoms. The van der Waals surface area contributed by atoms with Crippen molar-refractivity contribution in [2.24, 2.45) is 5.10 Å². The van der Waals surface area contributed by atoms with Gasteiger partial charge in [-0.2, -0.15) is 5.10 Å². The minimum atomic E-state index is -0.466. The third-order valence-corrected chi connectivity index (χ3v) is 4.25. The van der Waals surface area contributed by atoms with E-state index in [0.29, 0.717) is 19.5 Å². The maximum absolute atomic E-state index is 12.4. The Kier molecular flexibility index (Phi) is 4.52. The van der Waals surface area contributed by atoms with E-state index in [2.05, 4.69) is 5.10 Å². The second kappa shape index (κ2) is 6.56. The van der Waals surface area contributed by atoms with Gasteiger partial charge in [-0.3, -0.25) is 9.69 Å². The van der Waals surface area contributed by atoms with Gasteiger partial charge in [-0.15, -0.1) is 0 Å². The zero-order chi connectivity index (χ0) is 15.5. The van der Waals surface area contributed by atoms with Gasteiger partial charge in [-0.1, -0.05) is 30.3 Å². The number of hydrogen-bond donors (Lipinski definition) is 2. The number of hydrazone groups is 1. The van der Waals surface area contributed by atoms with Gasteiger partial charge in [0, 0.05) is 19.0 Å². The van der Waals surface area contributed by atoms with E-state index in [1.807, 2.05) is 35.2 Å². The largest absolute Gasteiger partial charge is 0.395 e. The molecule has 1 aromatic carbocycles. The molecule has 0 spiro atoms. The van der Waals surface area contributed by atoms with Crippen molar-refractivity contribution in [1.29, 1.82) is 0 Å². The van der Waals surface area contributed by atoms with Crippen LogP contribution in [-0.2, 0) is 4.79 Å². The Morgan fingerprint density at radius 1 is 1.32 bits per heavy atom. The Hall–Kier alpha value is -1.76. The van der Waals surface area contributed by atoms with Gasteiger partial charge in [-0.25, -0.2) is 5.01 Å². The van der Waals surface area contributed by atoms with E-state index in [1.165, 1.54) is 5.01 Å². The quantitative estimate of drug-likeness (QED) is 0.824. The lowest BCUT2D eigenvalue weighted by Gasteiger charge is -2.23. The van der Waals surface area contributed by atoms with Crippen LogP contribution >= 0.6 is 0 Å². The summed E-state index contributed by atoms with van der Waals surface area (Å²) in [4.78, 5) is 14.2. The highest BCUT2D eigenvalue weighted by atomic mass is 16.3. The number of β-amino-alcohol motifs (C(OH)–C–C–N with tert-alkyl or cyclic N) is 1. The molecule has 1 amide bonds. The molecule has 2 aliphatic heterocycles. The number of carbonyl (C=O) groups excluding carboxylic acids is 1. The Labute approximate surface area is 129 Å². The lowest BCUT2D eigenvalue weighted by molar-refractivity contribution is -0.132. The fourth-order valence-electron chi connectivity index (χ4n) is 3.07. The number of nitrogens with zero attached hydrogens (tertiary/aromatic N) is 3. The Bertz CT molecular complexity index is 561. The first-order chi connectivity index (χ1) is 10.7. The summed E-state index contributed by atoms with van der Waals surface area (Å²) >= 11 is 0. The molecular formula is C16H21N3O3. The van der Waals surface area contributed by atoms with E-state index in [4.69, 9.17) is 0 Å². The van der Waals surface area contributed by atoms with E-state index in [0.717, 1.165) is 17.7 Å². The number of benzene rings is 1. The molecule has 0 unspecified atom stereocenters. The van der Waals surface area contributed by atoms with Crippen LogP contribution in [0, 0.1) is 0 Å². The third kappa shape index (κ3) is 3.19. The molecule has 6 heteroatoms. The van der Waals surface area contributed by atoms with Crippen LogP contribution in [0.2, 0.25) is 0 Å². The molecule has 0 aromatic heterocycles. The Morgan fingerprint density at radius 3 is 2.82 bits per heavy atom. The number of hydrogen-bond acceptors (Lipinski definition) is 5. The van der Waals surface area contributed by atoms with E-state index in [-0.39, 0.29) is 25.1 Å². The lowest BCUT2D eigenvalue weighted by Crippen LogP contribution is -2.41. The molecule has 2 aliphatic rings. The summed E-state index contributed by atoms with van der Waals surface area (Å²) in [6.45, 7) is 1.17. The van der Waals surface area contributed by atoms with Crippen molar-refractivity contribution in [2.75, 3.05) is 26.2 Å². The summed E-state index contributed by atoms with van der Waals surface area (Å²) in [5.41, 5.74) is 1.97. The molecule has 6 nitrogen and oxygen atoms in total. The van der Waals surface area contributed by atoms with Crippen molar-refractivity contribution in [2.45, 2.75) is 25.0 Å². The molecule has 2 N–H and O–H groups in total. The summed E-state index contributed by atoms with van der Waals surface area (Å²) in [6, 6.07) is 9.71. The minimum absolute atomic E-state index is 0.0388. The molecule has 2 atom stereocenters. The molecule has 2 heterocycles. The highest BCUT2D eigenvalue weighted by Gasteiger charge is 2.33. The maximum Gasteiger partial charge on any atom is 0.256 e. The van der Waals surface area contributed by atoms with Gasteiger partial charge < -0.3 is 10.2 Å². The molecule has 3 rings (SSSR count). The number of aliphatic hydroxyl groups is 2. The molecule has 0 aliphatic carbocycles. The van der Waals surface area contributed by atoms with Crippen molar-refractivity contribution in [3.05, 3.63) is 35.9 Å². The second-order valence-electron chi connectivity index (χ2n) is 5.83. The van der Waals surface area contributed by atoms with Crippen LogP contribution in [0.25, 0.3) is 0 Å². The van der Waals surface area contributed by atoms with E-state index < -0.39 is 6.10 Å². The molecule has 0 saturated carbocycles. The Balaban J connectivity index is 1.63. The zero-order valence-corrected chi connectivity index (χ0v) is 12.4. The topological polar surface area (TPSA) is 76.4 Å². The smallest absolute Gasteiger partial charge is 0.256 e. The number of carbonyl (C=O) groups is 1. The van der Waals surface area contributed by atoms with Gasteiger partial charge in [-0.05, 0) is 12.0 Å². The molecular weight excluding hydrogens is 282 g/mol. The monoisotopic (exact) mass is 303 g/mol. The van der Waals surface area contributed by atoms with Gasteiger partial charge in [0.1, 0.15) is 0 Å². The summed E-state index contributed by atoms with van der Waals surface area (Å²) in [6.07, 6.45) is 0.802. The van der Waals surface area contributed by atoms with Gasteiger partial charge in [0.05, 0.1) is 31.5 Å². The summed E-state index contributed by atoms with van der Waals surface area (Å²) in [5, 5.41) is 24.9. The van der Waals surface area contributed by atoms with Crippen molar-refractivity contribution in [1.82, 2.24) is 9.91 Å². The number of aliphatic hydroxyl groups excluding tert-OH is 2. The van der Waals surface area contributed by atoms with E-state index >= 15 is 0 Å². The molecule has 1 aromatic rings. The van der Waals surface area contributed by atoms with Crippen LogP contribution in [0.3, 0.4) is 0 Å². The van der Waals surface area contributed by atoms with Crippen LogP contribution in [0.15, 0.2) is 35.4 Å². The third-order valence-electron chi connectivity index (χ3n) is 4.25. The van der Waals surface area contributed by atoms with Gasteiger partial charge in [0.2, 0.25) is 0 Å². The average molecular weight is 303 g/mol. The summed E-state index contributed by atoms with van der Waals surface area (Å²) in [5.74, 6) is -0.0847. The predicted octanol–water partition coefficient (Wildman–Crippen LogP) is 0.0505.